The third-order valence-electron chi connectivity index (χ3n) is 1.34. The van der Waals surface area contributed by atoms with Crippen molar-refractivity contribution in [1.82, 2.24) is 10.3 Å². The number of rotatable bonds is 5. The van der Waals surface area contributed by atoms with Gasteiger partial charge in [-0.25, -0.2) is 9.78 Å². The maximum Gasteiger partial charge on any atom is 0.365 e. The normalized spacial score (nSPS) is 10.0. The molecule has 1 heterocycles. The summed E-state index contributed by atoms with van der Waals surface area (Å²) in [6.07, 6.45) is 0. The summed E-state index contributed by atoms with van der Waals surface area (Å²) in [6, 6.07) is 0. The van der Waals surface area contributed by atoms with Crippen LogP contribution in [0.1, 0.15) is 15.5 Å². The first-order valence-electron chi connectivity index (χ1n) is 3.76. The Kier molecular flexibility index (Phi) is 3.55. The number of carbonyl (C=O) groups excluding carboxylic acids is 1. The first-order chi connectivity index (χ1) is 6.59. The third-order valence-corrected chi connectivity index (χ3v) is 2.22. The fourth-order valence-corrected chi connectivity index (χ4v) is 1.45. The number of thiazole rings is 1. The van der Waals surface area contributed by atoms with Crippen molar-refractivity contribution in [3.8, 4) is 0 Å². The summed E-state index contributed by atoms with van der Waals surface area (Å²) in [5.41, 5.74) is 5.49. The minimum Gasteiger partial charge on any atom is -0.476 e. The molecule has 0 bridgehead atoms. The lowest BCUT2D eigenvalue weighted by Crippen LogP contribution is -2.28. The fraction of sp³-hybridized carbons (Fsp3) is 0.286. The smallest absolute Gasteiger partial charge is 0.365 e. The van der Waals surface area contributed by atoms with Crippen molar-refractivity contribution in [3.63, 3.8) is 0 Å². The lowest BCUT2D eigenvalue weighted by atomic mass is 10.4. The Morgan fingerprint density at radius 3 is 2.86 bits per heavy atom. The van der Waals surface area contributed by atoms with E-state index in [4.69, 9.17) is 10.8 Å². The lowest BCUT2D eigenvalue weighted by molar-refractivity contribution is -0.117. The van der Waals surface area contributed by atoms with Gasteiger partial charge in [-0.1, -0.05) is 0 Å². The number of hydrogen-bond donors (Lipinski definition) is 3. The standard InChI is InChI=1S/C7H9N3O3S/c8-5(11)2-9-1-4-3-14-6(10-4)7(12)13/h3,9H,1-2H2,(H2,8,11)(H,12,13). The summed E-state index contributed by atoms with van der Waals surface area (Å²) in [6.45, 7) is 0.395. The van der Waals surface area contributed by atoms with E-state index in [2.05, 4.69) is 10.3 Å². The second-order valence-corrected chi connectivity index (χ2v) is 3.38. The molecule has 7 heteroatoms. The van der Waals surface area contributed by atoms with E-state index in [9.17, 15) is 9.59 Å². The molecular formula is C7H9N3O3S. The average Bonchev–Trinajstić information content (AvgIpc) is 2.52. The first-order valence-corrected chi connectivity index (χ1v) is 4.64. The minimum atomic E-state index is -1.05. The van der Waals surface area contributed by atoms with Crippen LogP contribution in [0.2, 0.25) is 0 Å². The van der Waals surface area contributed by atoms with Crippen LogP contribution in [-0.2, 0) is 11.3 Å². The monoisotopic (exact) mass is 215 g/mol. The van der Waals surface area contributed by atoms with Crippen molar-refractivity contribution < 1.29 is 14.7 Å². The highest BCUT2D eigenvalue weighted by molar-refractivity contribution is 7.11. The molecule has 0 saturated carbocycles. The molecule has 0 aliphatic carbocycles. The number of carbonyl (C=O) groups is 2. The van der Waals surface area contributed by atoms with Crippen molar-refractivity contribution in [2.24, 2.45) is 5.73 Å². The maximum atomic E-state index is 10.4. The molecule has 0 radical (unpaired) electrons. The van der Waals surface area contributed by atoms with Gasteiger partial charge < -0.3 is 16.2 Å². The van der Waals surface area contributed by atoms with Gasteiger partial charge in [0.1, 0.15) is 0 Å². The number of aromatic nitrogens is 1. The number of primary amides is 1. The Balaban J connectivity index is 2.44. The van der Waals surface area contributed by atoms with Crippen LogP contribution >= 0.6 is 11.3 Å². The van der Waals surface area contributed by atoms with Crippen LogP contribution in [-0.4, -0.2) is 28.5 Å². The van der Waals surface area contributed by atoms with Crippen LogP contribution in [0.25, 0.3) is 0 Å². The van der Waals surface area contributed by atoms with Gasteiger partial charge in [-0.2, -0.15) is 0 Å². The molecule has 4 N–H and O–H groups in total. The largest absolute Gasteiger partial charge is 0.476 e. The number of nitrogens with one attached hydrogen (secondary N) is 1. The zero-order valence-electron chi connectivity index (χ0n) is 7.19. The van der Waals surface area contributed by atoms with E-state index in [1.165, 1.54) is 0 Å². The van der Waals surface area contributed by atoms with E-state index in [-0.39, 0.29) is 11.6 Å². The molecule has 1 rings (SSSR count). The van der Waals surface area contributed by atoms with Gasteiger partial charge in [0.05, 0.1) is 12.2 Å². The van der Waals surface area contributed by atoms with E-state index in [0.717, 1.165) is 11.3 Å². The molecule has 0 aliphatic rings. The zero-order chi connectivity index (χ0) is 10.6. The molecule has 0 spiro atoms. The Morgan fingerprint density at radius 2 is 2.36 bits per heavy atom. The maximum absolute atomic E-state index is 10.4. The van der Waals surface area contributed by atoms with Gasteiger partial charge in [0, 0.05) is 11.9 Å². The molecule has 0 atom stereocenters. The topological polar surface area (TPSA) is 105 Å². The summed E-state index contributed by atoms with van der Waals surface area (Å²) >= 11 is 1.05. The molecule has 0 aromatic carbocycles. The van der Waals surface area contributed by atoms with E-state index in [0.29, 0.717) is 12.2 Å². The summed E-state index contributed by atoms with van der Waals surface area (Å²) < 4.78 is 0. The van der Waals surface area contributed by atoms with Gasteiger partial charge >= 0.3 is 5.97 Å². The number of amides is 1. The Morgan fingerprint density at radius 1 is 1.64 bits per heavy atom. The highest BCUT2D eigenvalue weighted by Crippen LogP contribution is 2.08. The second-order valence-electron chi connectivity index (χ2n) is 2.52. The van der Waals surface area contributed by atoms with E-state index in [1.807, 2.05) is 0 Å². The third kappa shape index (κ3) is 3.11. The number of hydrogen-bond acceptors (Lipinski definition) is 5. The summed E-state index contributed by atoms with van der Waals surface area (Å²) in [5.74, 6) is -1.50. The Labute approximate surface area is 83.8 Å². The van der Waals surface area contributed by atoms with Crippen LogP contribution in [0, 0.1) is 0 Å². The molecular weight excluding hydrogens is 206 g/mol. The van der Waals surface area contributed by atoms with Crippen LogP contribution in [0.3, 0.4) is 0 Å². The van der Waals surface area contributed by atoms with E-state index in [1.54, 1.807) is 5.38 Å². The number of nitrogens with two attached hydrogens (primary N) is 1. The molecule has 76 valence electrons. The van der Waals surface area contributed by atoms with Gasteiger partial charge in [0.25, 0.3) is 0 Å². The number of carboxylic acid groups (broad SMARTS) is 1. The zero-order valence-corrected chi connectivity index (χ0v) is 8.00. The number of nitrogens with zero attached hydrogens (tertiary/aromatic N) is 1. The summed E-state index contributed by atoms with van der Waals surface area (Å²) in [7, 11) is 0. The molecule has 14 heavy (non-hydrogen) atoms. The fourth-order valence-electron chi connectivity index (χ4n) is 0.800. The average molecular weight is 215 g/mol. The second kappa shape index (κ2) is 4.68. The molecule has 0 saturated heterocycles. The lowest BCUT2D eigenvalue weighted by Gasteiger charge is -1.97. The predicted molar refractivity (Wildman–Crippen MR) is 50.0 cm³/mol. The molecule has 6 nitrogen and oxygen atoms in total. The van der Waals surface area contributed by atoms with Gasteiger partial charge in [0.15, 0.2) is 0 Å². The van der Waals surface area contributed by atoms with Crippen LogP contribution in [0.15, 0.2) is 5.38 Å². The Bertz CT molecular complexity index is 350. The molecule has 1 aromatic rings. The summed E-state index contributed by atoms with van der Waals surface area (Å²) in [5, 5.41) is 13.0. The van der Waals surface area contributed by atoms with Gasteiger partial charge in [-0.3, -0.25) is 4.79 Å². The first kappa shape index (κ1) is 10.6. The Hall–Kier alpha value is -1.47. The van der Waals surface area contributed by atoms with Gasteiger partial charge in [-0.05, 0) is 0 Å². The van der Waals surface area contributed by atoms with Crippen molar-refractivity contribution >= 4 is 23.2 Å². The number of carboxylic acids is 1. The minimum absolute atomic E-state index is 0.0425. The van der Waals surface area contributed by atoms with Crippen molar-refractivity contribution in [2.75, 3.05) is 6.54 Å². The van der Waals surface area contributed by atoms with Gasteiger partial charge in [0.2, 0.25) is 10.9 Å². The quantitative estimate of drug-likeness (QED) is 0.609. The van der Waals surface area contributed by atoms with E-state index < -0.39 is 11.9 Å². The summed E-state index contributed by atoms with van der Waals surface area (Å²) in [4.78, 5) is 24.6. The molecule has 0 aliphatic heterocycles. The molecule has 0 fully saturated rings. The van der Waals surface area contributed by atoms with Crippen molar-refractivity contribution in [2.45, 2.75) is 6.54 Å². The number of aromatic carboxylic acids is 1. The predicted octanol–water partition coefficient (Wildman–Crippen LogP) is -0.584. The molecule has 0 unspecified atom stereocenters. The van der Waals surface area contributed by atoms with Crippen molar-refractivity contribution in [3.05, 3.63) is 16.1 Å². The highest BCUT2D eigenvalue weighted by atomic mass is 32.1. The van der Waals surface area contributed by atoms with E-state index >= 15 is 0 Å². The molecule has 1 amide bonds. The SMILES string of the molecule is NC(=O)CNCc1csc(C(=O)O)n1. The van der Waals surface area contributed by atoms with Crippen LogP contribution in [0.4, 0.5) is 0 Å². The van der Waals surface area contributed by atoms with Crippen LogP contribution in [0.5, 0.6) is 0 Å². The van der Waals surface area contributed by atoms with Crippen LogP contribution < -0.4 is 11.1 Å². The van der Waals surface area contributed by atoms with Gasteiger partial charge in [-0.15, -0.1) is 11.3 Å². The highest BCUT2D eigenvalue weighted by Gasteiger charge is 2.08. The molecule has 1 aromatic heterocycles. The van der Waals surface area contributed by atoms with Crippen molar-refractivity contribution in [1.29, 1.82) is 0 Å².